The predicted molar refractivity (Wildman–Crippen MR) is 149 cm³/mol. The van der Waals surface area contributed by atoms with E-state index in [0.29, 0.717) is 47.6 Å². The number of rotatable bonds is 8. The summed E-state index contributed by atoms with van der Waals surface area (Å²) in [4.78, 5) is 31.7. The molecule has 2 aliphatic rings. The molecule has 2 atom stereocenters. The maximum absolute atomic E-state index is 13.6. The normalized spacial score (nSPS) is 18.9. The zero-order valence-corrected chi connectivity index (χ0v) is 23.7. The van der Waals surface area contributed by atoms with E-state index in [1.165, 1.54) is 7.11 Å². The van der Waals surface area contributed by atoms with Gasteiger partial charge in [0, 0.05) is 48.6 Å². The lowest BCUT2D eigenvalue weighted by molar-refractivity contribution is -0.141. The van der Waals surface area contributed by atoms with Crippen LogP contribution in [0.1, 0.15) is 61.3 Å². The van der Waals surface area contributed by atoms with E-state index < -0.39 is 12.2 Å². The number of likely N-dealkylation sites (tertiary alicyclic amines) is 1. The summed E-state index contributed by atoms with van der Waals surface area (Å²) in [5, 5.41) is 0.563. The highest BCUT2D eigenvalue weighted by Gasteiger charge is 2.36. The van der Waals surface area contributed by atoms with Crippen molar-refractivity contribution in [2.24, 2.45) is 5.92 Å². The molecule has 0 saturated carbocycles. The molecule has 1 amide bonds. The van der Waals surface area contributed by atoms with Gasteiger partial charge in [0.25, 0.3) is 0 Å². The largest absolute Gasteiger partial charge is 0.493 e. The van der Waals surface area contributed by atoms with Crippen molar-refractivity contribution in [1.82, 2.24) is 14.5 Å². The summed E-state index contributed by atoms with van der Waals surface area (Å²) < 4.78 is 24.9. The molecule has 3 aromatic rings. The molecule has 2 aromatic heterocycles. The van der Waals surface area contributed by atoms with Gasteiger partial charge in [-0.05, 0) is 55.5 Å². The maximum Gasteiger partial charge on any atom is 0.305 e. The van der Waals surface area contributed by atoms with Gasteiger partial charge in [0.2, 0.25) is 5.91 Å². The summed E-state index contributed by atoms with van der Waals surface area (Å²) >= 11 is 6.47. The first-order valence-corrected chi connectivity index (χ1v) is 13.8. The number of hydrogen-bond acceptors (Lipinski definition) is 7. The van der Waals surface area contributed by atoms with Crippen LogP contribution in [0.2, 0.25) is 5.02 Å². The van der Waals surface area contributed by atoms with E-state index in [1.54, 1.807) is 26.5 Å². The van der Waals surface area contributed by atoms with Crippen LogP contribution in [0.4, 0.5) is 0 Å². The number of aromatic nitrogens is 2. The van der Waals surface area contributed by atoms with E-state index in [0.717, 1.165) is 36.2 Å². The first-order valence-electron chi connectivity index (χ1n) is 13.5. The molecule has 5 rings (SSSR count). The lowest BCUT2D eigenvalue weighted by Crippen LogP contribution is -2.39. The zero-order valence-electron chi connectivity index (χ0n) is 23.0. The third kappa shape index (κ3) is 5.67. The number of benzene rings is 1. The Bertz CT molecular complexity index is 1370. The molecule has 0 N–H and O–H groups in total. The summed E-state index contributed by atoms with van der Waals surface area (Å²) in [7, 11) is 4.55. The Kier molecular flexibility index (Phi) is 8.61. The van der Waals surface area contributed by atoms with Crippen LogP contribution < -0.4 is 9.47 Å². The molecule has 0 bridgehead atoms. The molecule has 40 heavy (non-hydrogen) atoms. The van der Waals surface area contributed by atoms with E-state index in [2.05, 4.69) is 9.55 Å². The standard InChI is InChI=1S/C30H34ClN3O6/c1-37-24-10-13-32-28(30(24)39-3)29-21-17-20(31)7-8-22(21)34-14-4-5-23(34)25(40-29)18-26(35)33-15-11-19(12-16-33)6-9-27(36)38-2/h4-5,7-8,10,13-14,17,19,25,29H,6,9,11-12,15-16,18H2,1-3H3/t25-,29+/m1/s1. The molecule has 0 aliphatic carbocycles. The molecule has 1 fully saturated rings. The number of fused-ring (bicyclic) bond motifs is 3. The fourth-order valence-electron chi connectivity index (χ4n) is 5.68. The number of halogens is 1. The van der Waals surface area contributed by atoms with E-state index in [4.69, 9.17) is 30.5 Å². The van der Waals surface area contributed by atoms with Crippen LogP contribution in [0.15, 0.2) is 48.8 Å². The van der Waals surface area contributed by atoms with Crippen LogP contribution >= 0.6 is 11.6 Å². The SMILES string of the molecule is COC(=O)CCC1CCN(C(=O)C[C@H]2O[C@H](c3nccc(OC)c3OC)c3cc(Cl)ccc3-n3cccc32)CC1. The van der Waals surface area contributed by atoms with Gasteiger partial charge in [0.05, 0.1) is 39.1 Å². The number of hydrogen-bond donors (Lipinski definition) is 0. The van der Waals surface area contributed by atoms with Gasteiger partial charge < -0.3 is 28.4 Å². The van der Waals surface area contributed by atoms with Gasteiger partial charge in [0.1, 0.15) is 17.9 Å². The van der Waals surface area contributed by atoms with Crippen molar-refractivity contribution >= 4 is 23.5 Å². The van der Waals surface area contributed by atoms with Gasteiger partial charge in [-0.15, -0.1) is 0 Å². The number of nitrogens with zero attached hydrogens (tertiary/aromatic N) is 3. The van der Waals surface area contributed by atoms with Gasteiger partial charge in [0.15, 0.2) is 11.5 Å². The Balaban J connectivity index is 1.42. The van der Waals surface area contributed by atoms with Crippen LogP contribution in [0, 0.1) is 5.92 Å². The highest BCUT2D eigenvalue weighted by atomic mass is 35.5. The minimum atomic E-state index is -0.666. The lowest BCUT2D eigenvalue weighted by atomic mass is 9.92. The summed E-state index contributed by atoms with van der Waals surface area (Å²) in [5.74, 6) is 1.24. The molecule has 10 heteroatoms. The summed E-state index contributed by atoms with van der Waals surface area (Å²) in [6, 6.07) is 11.3. The fraction of sp³-hybridized carbons (Fsp3) is 0.433. The average Bonchev–Trinajstić information content (AvgIpc) is 3.43. The third-order valence-corrected chi connectivity index (χ3v) is 8.06. The molecule has 1 saturated heterocycles. The van der Waals surface area contributed by atoms with E-state index in [9.17, 15) is 9.59 Å². The molecule has 0 unspecified atom stereocenters. The number of esters is 1. The molecule has 0 spiro atoms. The van der Waals surface area contributed by atoms with Crippen molar-refractivity contribution in [2.75, 3.05) is 34.4 Å². The molecule has 1 aromatic carbocycles. The lowest BCUT2D eigenvalue weighted by Gasteiger charge is -2.33. The van der Waals surface area contributed by atoms with Gasteiger partial charge in [-0.2, -0.15) is 0 Å². The van der Waals surface area contributed by atoms with Crippen molar-refractivity contribution in [2.45, 2.75) is 44.3 Å². The number of amides is 1. The van der Waals surface area contributed by atoms with Crippen molar-refractivity contribution in [1.29, 1.82) is 0 Å². The molecule has 4 heterocycles. The van der Waals surface area contributed by atoms with Gasteiger partial charge >= 0.3 is 5.97 Å². The maximum atomic E-state index is 13.6. The van der Waals surface area contributed by atoms with Crippen LogP contribution in [0.25, 0.3) is 5.69 Å². The van der Waals surface area contributed by atoms with Crippen LogP contribution in [-0.2, 0) is 19.1 Å². The van der Waals surface area contributed by atoms with Gasteiger partial charge in [-0.1, -0.05) is 11.6 Å². The van der Waals surface area contributed by atoms with Crippen molar-refractivity contribution in [3.05, 3.63) is 70.8 Å². The van der Waals surface area contributed by atoms with E-state index in [1.807, 2.05) is 41.4 Å². The summed E-state index contributed by atoms with van der Waals surface area (Å²) in [6.07, 6.45) is 5.50. The Labute approximate surface area is 238 Å². The summed E-state index contributed by atoms with van der Waals surface area (Å²) in [6.45, 7) is 1.31. The van der Waals surface area contributed by atoms with Gasteiger partial charge in [-0.3, -0.25) is 14.6 Å². The quantitative estimate of drug-likeness (QED) is 0.342. The molecule has 0 radical (unpaired) electrons. The first kappa shape index (κ1) is 28.0. The van der Waals surface area contributed by atoms with Crippen LogP contribution in [0.3, 0.4) is 0 Å². The Morgan fingerprint density at radius 3 is 2.62 bits per heavy atom. The second-order valence-electron chi connectivity index (χ2n) is 10.1. The van der Waals surface area contributed by atoms with Gasteiger partial charge in [-0.25, -0.2) is 0 Å². The molecule has 9 nitrogen and oxygen atoms in total. The monoisotopic (exact) mass is 567 g/mol. The summed E-state index contributed by atoms with van der Waals surface area (Å²) in [5.41, 5.74) is 3.11. The topological polar surface area (TPSA) is 92.1 Å². The van der Waals surface area contributed by atoms with Crippen LogP contribution in [-0.4, -0.2) is 60.7 Å². The molecule has 2 aliphatic heterocycles. The van der Waals surface area contributed by atoms with Crippen molar-refractivity contribution in [3.63, 3.8) is 0 Å². The highest BCUT2D eigenvalue weighted by Crippen LogP contribution is 2.45. The minimum Gasteiger partial charge on any atom is -0.493 e. The smallest absolute Gasteiger partial charge is 0.305 e. The van der Waals surface area contributed by atoms with E-state index >= 15 is 0 Å². The average molecular weight is 568 g/mol. The highest BCUT2D eigenvalue weighted by molar-refractivity contribution is 6.30. The number of carbonyl (C=O) groups excluding carboxylic acids is 2. The van der Waals surface area contributed by atoms with Crippen molar-refractivity contribution in [3.8, 4) is 17.2 Å². The number of ether oxygens (including phenoxy) is 4. The van der Waals surface area contributed by atoms with Crippen LogP contribution in [0.5, 0.6) is 11.5 Å². The predicted octanol–water partition coefficient (Wildman–Crippen LogP) is 5.29. The number of carbonyl (C=O) groups is 2. The second-order valence-corrected chi connectivity index (χ2v) is 10.5. The third-order valence-electron chi connectivity index (χ3n) is 7.82. The van der Waals surface area contributed by atoms with Crippen molar-refractivity contribution < 1.29 is 28.5 Å². The first-order chi connectivity index (χ1) is 19.4. The van der Waals surface area contributed by atoms with E-state index in [-0.39, 0.29) is 18.3 Å². The minimum absolute atomic E-state index is 0.0254. The zero-order chi connectivity index (χ0) is 28.2. The molecular weight excluding hydrogens is 534 g/mol. The second kappa shape index (κ2) is 12.3. The Hall–Kier alpha value is -3.56. The number of piperidine rings is 1. The Morgan fingerprint density at radius 1 is 1.10 bits per heavy atom. The fourth-order valence-corrected chi connectivity index (χ4v) is 5.86. The molecule has 212 valence electrons. The number of methoxy groups -OCH3 is 3. The molecular formula is C30H34ClN3O6. The Morgan fingerprint density at radius 2 is 1.90 bits per heavy atom. The number of pyridine rings is 1.